The fourth-order valence-electron chi connectivity index (χ4n) is 1.88. The minimum Gasteiger partial charge on any atom is -0.396 e. The van der Waals surface area contributed by atoms with Crippen LogP contribution >= 0.6 is 0 Å². The van der Waals surface area contributed by atoms with Crippen LogP contribution in [-0.4, -0.2) is 14.6 Å². The first-order valence-electron chi connectivity index (χ1n) is 5.52. The average molecular weight is 242 g/mol. The molecule has 3 aromatic rings. The van der Waals surface area contributed by atoms with Crippen LogP contribution in [0.3, 0.4) is 0 Å². The van der Waals surface area contributed by atoms with Crippen molar-refractivity contribution in [1.82, 2.24) is 14.6 Å². The van der Waals surface area contributed by atoms with Crippen molar-refractivity contribution in [3.63, 3.8) is 0 Å². The van der Waals surface area contributed by atoms with Crippen LogP contribution in [0.5, 0.6) is 0 Å². The van der Waals surface area contributed by atoms with E-state index in [1.54, 1.807) is 4.40 Å². The van der Waals surface area contributed by atoms with Crippen molar-refractivity contribution in [2.75, 3.05) is 5.73 Å². The second kappa shape index (κ2) is 3.80. The molecule has 3 rings (SSSR count). The highest BCUT2D eigenvalue weighted by Gasteiger charge is 2.11. The third-order valence-electron chi connectivity index (χ3n) is 2.81. The number of nitrogens with zero attached hydrogens (tertiary/aromatic N) is 3. The number of benzene rings is 1. The molecule has 0 aliphatic rings. The Morgan fingerprint density at radius 3 is 2.61 bits per heavy atom. The van der Waals surface area contributed by atoms with E-state index in [4.69, 9.17) is 5.73 Å². The molecule has 1 aromatic carbocycles. The van der Waals surface area contributed by atoms with Gasteiger partial charge < -0.3 is 5.73 Å². The Kier molecular flexibility index (Phi) is 2.26. The fraction of sp³-hybridized carbons (Fsp3) is 0.0769. The summed E-state index contributed by atoms with van der Waals surface area (Å²) >= 11 is 0. The molecule has 0 unspecified atom stereocenters. The fourth-order valence-corrected chi connectivity index (χ4v) is 1.88. The van der Waals surface area contributed by atoms with Crippen molar-refractivity contribution in [1.29, 1.82) is 0 Å². The minimum absolute atomic E-state index is 0.279. The van der Waals surface area contributed by atoms with E-state index in [0.29, 0.717) is 11.5 Å². The van der Waals surface area contributed by atoms with E-state index < -0.39 is 5.82 Å². The topological polar surface area (TPSA) is 56.2 Å². The maximum Gasteiger partial charge on any atom is 0.184 e. The third-order valence-corrected chi connectivity index (χ3v) is 2.81. The Morgan fingerprint density at radius 1 is 1.17 bits per heavy atom. The number of aryl methyl sites for hydroxylation is 1. The summed E-state index contributed by atoms with van der Waals surface area (Å²) in [5.41, 5.74) is 8.48. The summed E-state index contributed by atoms with van der Waals surface area (Å²) < 4.78 is 14.9. The number of anilines is 1. The molecule has 0 aliphatic carbocycles. The van der Waals surface area contributed by atoms with Crippen molar-refractivity contribution < 1.29 is 4.39 Å². The van der Waals surface area contributed by atoms with E-state index in [1.165, 1.54) is 12.3 Å². The van der Waals surface area contributed by atoms with Gasteiger partial charge in [0.15, 0.2) is 11.5 Å². The number of hydrogen-bond donors (Lipinski definition) is 1. The molecular weight excluding hydrogens is 231 g/mol. The van der Waals surface area contributed by atoms with Crippen LogP contribution < -0.4 is 5.73 Å². The lowest BCUT2D eigenvalue weighted by Crippen LogP contribution is -1.96. The second-order valence-corrected chi connectivity index (χ2v) is 4.20. The predicted octanol–water partition coefficient (Wildman–Crippen LogP) is 2.43. The number of pyridine rings is 1. The molecule has 0 saturated heterocycles. The molecule has 90 valence electrons. The van der Waals surface area contributed by atoms with Gasteiger partial charge in [-0.15, -0.1) is 10.2 Å². The first kappa shape index (κ1) is 10.7. The second-order valence-electron chi connectivity index (χ2n) is 4.20. The molecule has 18 heavy (non-hydrogen) atoms. The molecule has 0 radical (unpaired) electrons. The number of hydrogen-bond acceptors (Lipinski definition) is 3. The molecule has 0 atom stereocenters. The first-order valence-corrected chi connectivity index (χ1v) is 5.52. The smallest absolute Gasteiger partial charge is 0.184 e. The zero-order chi connectivity index (χ0) is 12.7. The van der Waals surface area contributed by atoms with Gasteiger partial charge in [-0.25, -0.2) is 4.39 Å². The van der Waals surface area contributed by atoms with Gasteiger partial charge in [-0.1, -0.05) is 29.8 Å². The van der Waals surface area contributed by atoms with E-state index in [0.717, 1.165) is 11.1 Å². The summed E-state index contributed by atoms with van der Waals surface area (Å²) in [5.74, 6) is 0.171. The Hall–Kier alpha value is -2.43. The highest BCUT2D eigenvalue weighted by Crippen LogP contribution is 2.22. The first-order chi connectivity index (χ1) is 8.65. The van der Waals surface area contributed by atoms with E-state index in [-0.39, 0.29) is 5.69 Å². The Balaban J connectivity index is 2.27. The van der Waals surface area contributed by atoms with Gasteiger partial charge >= 0.3 is 0 Å². The molecule has 2 heterocycles. The zero-order valence-corrected chi connectivity index (χ0v) is 9.76. The van der Waals surface area contributed by atoms with Crippen molar-refractivity contribution >= 4 is 11.3 Å². The zero-order valence-electron chi connectivity index (χ0n) is 9.76. The van der Waals surface area contributed by atoms with Gasteiger partial charge in [0.2, 0.25) is 0 Å². The Labute approximate surface area is 103 Å². The lowest BCUT2D eigenvalue weighted by molar-refractivity contribution is 0.620. The maximum atomic E-state index is 13.4. The quantitative estimate of drug-likeness (QED) is 0.713. The van der Waals surface area contributed by atoms with Crippen molar-refractivity contribution in [2.45, 2.75) is 6.92 Å². The van der Waals surface area contributed by atoms with Crippen LogP contribution in [0.25, 0.3) is 17.0 Å². The maximum absolute atomic E-state index is 13.4. The van der Waals surface area contributed by atoms with Crippen molar-refractivity contribution in [3.8, 4) is 11.4 Å². The molecule has 2 aromatic heterocycles. The molecule has 0 bridgehead atoms. The monoisotopic (exact) mass is 242 g/mol. The number of aromatic nitrogens is 3. The van der Waals surface area contributed by atoms with Gasteiger partial charge in [-0.05, 0) is 6.92 Å². The lowest BCUT2D eigenvalue weighted by Gasteiger charge is -2.02. The van der Waals surface area contributed by atoms with Crippen LogP contribution in [0.4, 0.5) is 10.1 Å². The normalized spacial score (nSPS) is 11.0. The molecular formula is C13H11FN4. The van der Waals surface area contributed by atoms with Crippen molar-refractivity contribution in [3.05, 3.63) is 47.9 Å². The van der Waals surface area contributed by atoms with Gasteiger partial charge in [-0.2, -0.15) is 0 Å². The standard InChI is InChI=1S/C13H11FN4/c1-8-2-4-9(5-3-8)12-16-17-13-11(15)6-10(14)7-18(12)13/h2-7H,15H2,1H3. The Morgan fingerprint density at radius 2 is 1.89 bits per heavy atom. The predicted molar refractivity (Wildman–Crippen MR) is 67.5 cm³/mol. The van der Waals surface area contributed by atoms with Gasteiger partial charge in [0.05, 0.1) is 5.69 Å². The van der Waals surface area contributed by atoms with Gasteiger partial charge in [-0.3, -0.25) is 4.40 Å². The molecule has 2 N–H and O–H groups in total. The minimum atomic E-state index is -0.409. The van der Waals surface area contributed by atoms with Crippen LogP contribution in [0.15, 0.2) is 36.5 Å². The number of halogens is 1. The molecule has 0 saturated carbocycles. The summed E-state index contributed by atoms with van der Waals surface area (Å²) in [7, 11) is 0. The highest BCUT2D eigenvalue weighted by atomic mass is 19.1. The van der Waals surface area contributed by atoms with Crippen molar-refractivity contribution in [2.24, 2.45) is 0 Å². The van der Waals surface area contributed by atoms with Gasteiger partial charge in [0, 0.05) is 17.8 Å². The third kappa shape index (κ3) is 1.60. The summed E-state index contributed by atoms with van der Waals surface area (Å²) in [6, 6.07) is 9.03. The van der Waals surface area contributed by atoms with E-state index in [2.05, 4.69) is 10.2 Å². The van der Waals surface area contributed by atoms with Crippen LogP contribution in [0, 0.1) is 12.7 Å². The summed E-state index contributed by atoms with van der Waals surface area (Å²) in [4.78, 5) is 0. The molecule has 0 fully saturated rings. The summed E-state index contributed by atoms with van der Waals surface area (Å²) in [5, 5.41) is 8.04. The highest BCUT2D eigenvalue weighted by molar-refractivity contribution is 5.69. The SMILES string of the molecule is Cc1ccc(-c2nnc3c(N)cc(F)cn23)cc1. The molecule has 0 amide bonds. The number of nitrogen functional groups attached to an aromatic ring is 1. The van der Waals surface area contributed by atoms with Crippen LogP contribution in [-0.2, 0) is 0 Å². The molecule has 5 heteroatoms. The number of nitrogens with two attached hydrogens (primary N) is 1. The van der Waals surface area contributed by atoms with Crippen LogP contribution in [0.1, 0.15) is 5.56 Å². The van der Waals surface area contributed by atoms with Gasteiger partial charge in [0.25, 0.3) is 0 Å². The van der Waals surface area contributed by atoms with E-state index in [1.807, 2.05) is 31.2 Å². The average Bonchev–Trinajstić information content (AvgIpc) is 2.74. The summed E-state index contributed by atoms with van der Waals surface area (Å²) in [6.45, 7) is 2.00. The van der Waals surface area contributed by atoms with E-state index >= 15 is 0 Å². The largest absolute Gasteiger partial charge is 0.396 e. The molecule has 4 nitrogen and oxygen atoms in total. The summed E-state index contributed by atoms with van der Waals surface area (Å²) in [6.07, 6.45) is 1.33. The van der Waals surface area contributed by atoms with Crippen LogP contribution in [0.2, 0.25) is 0 Å². The molecule has 0 spiro atoms. The molecule has 0 aliphatic heterocycles. The lowest BCUT2D eigenvalue weighted by atomic mass is 10.1. The number of rotatable bonds is 1. The van der Waals surface area contributed by atoms with E-state index in [9.17, 15) is 4.39 Å². The Bertz CT molecular complexity index is 716. The van der Waals surface area contributed by atoms with Gasteiger partial charge in [0.1, 0.15) is 5.82 Å². The number of fused-ring (bicyclic) bond motifs is 1.